The van der Waals surface area contributed by atoms with E-state index in [9.17, 15) is 13.2 Å². The molecule has 0 unspecified atom stereocenters. The van der Waals surface area contributed by atoms with Gasteiger partial charge in [-0.05, 0) is 56.0 Å². The summed E-state index contributed by atoms with van der Waals surface area (Å²) in [4.78, 5) is 12.1. The van der Waals surface area contributed by atoms with Crippen molar-refractivity contribution in [1.82, 2.24) is 9.62 Å². The van der Waals surface area contributed by atoms with Crippen molar-refractivity contribution >= 4 is 15.9 Å². The lowest BCUT2D eigenvalue weighted by atomic mass is 10.2. The molecule has 0 aliphatic carbocycles. The summed E-state index contributed by atoms with van der Waals surface area (Å²) < 4.78 is 37.1. The molecule has 1 aromatic carbocycles. The second kappa shape index (κ2) is 8.58. The van der Waals surface area contributed by atoms with Gasteiger partial charge in [-0.25, -0.2) is 8.42 Å². The lowest BCUT2D eigenvalue weighted by Gasteiger charge is -2.12. The van der Waals surface area contributed by atoms with E-state index < -0.39 is 15.9 Å². The predicted molar refractivity (Wildman–Crippen MR) is 100 cm³/mol. The maximum atomic E-state index is 12.4. The molecule has 1 aromatic heterocycles. The Hall–Kier alpha value is -2.32. The first-order valence-electron chi connectivity index (χ1n) is 9.04. The van der Waals surface area contributed by atoms with Gasteiger partial charge in [-0.3, -0.25) is 4.79 Å². The molecule has 0 radical (unpaired) electrons. The first kappa shape index (κ1) is 19.4. The molecular formula is C19H24N2O5S. The second-order valence-corrected chi connectivity index (χ2v) is 8.37. The fourth-order valence-electron chi connectivity index (χ4n) is 2.89. The topological polar surface area (TPSA) is 88.8 Å². The fourth-order valence-corrected chi connectivity index (χ4v) is 4.32. The molecule has 0 bridgehead atoms. The van der Waals surface area contributed by atoms with Crippen molar-refractivity contribution in [3.8, 4) is 5.75 Å². The number of hydrogen-bond donors (Lipinski definition) is 1. The van der Waals surface area contributed by atoms with E-state index in [-0.39, 0.29) is 10.9 Å². The summed E-state index contributed by atoms with van der Waals surface area (Å²) >= 11 is 0. The molecule has 1 N–H and O–H groups in total. The molecule has 2 aromatic rings. The third kappa shape index (κ3) is 4.90. The minimum Gasteiger partial charge on any atom is -0.494 e. The Bertz CT molecular complexity index is 885. The van der Waals surface area contributed by atoms with Gasteiger partial charge in [0.2, 0.25) is 5.09 Å². The molecule has 27 heavy (non-hydrogen) atoms. The maximum Gasteiger partial charge on any atom is 0.287 e. The van der Waals surface area contributed by atoms with Crippen LogP contribution in [0.3, 0.4) is 0 Å². The highest BCUT2D eigenvalue weighted by Gasteiger charge is 2.30. The number of ether oxygens (including phenoxy) is 1. The van der Waals surface area contributed by atoms with Gasteiger partial charge in [0.15, 0.2) is 5.76 Å². The predicted octanol–water partition coefficient (Wildman–Crippen LogP) is 2.57. The second-order valence-electron chi connectivity index (χ2n) is 6.50. The van der Waals surface area contributed by atoms with Gasteiger partial charge < -0.3 is 14.5 Å². The molecule has 7 nitrogen and oxygen atoms in total. The van der Waals surface area contributed by atoms with Crippen LogP contribution >= 0.6 is 0 Å². The van der Waals surface area contributed by atoms with Crippen molar-refractivity contribution in [2.24, 2.45) is 0 Å². The summed E-state index contributed by atoms with van der Waals surface area (Å²) in [5, 5.41) is 2.53. The summed E-state index contributed by atoms with van der Waals surface area (Å²) in [6.07, 6.45) is 2.31. The first-order valence-corrected chi connectivity index (χ1v) is 10.5. The van der Waals surface area contributed by atoms with E-state index in [0.29, 0.717) is 32.7 Å². The van der Waals surface area contributed by atoms with Crippen molar-refractivity contribution in [2.45, 2.75) is 31.3 Å². The van der Waals surface area contributed by atoms with Gasteiger partial charge in [-0.2, -0.15) is 4.31 Å². The highest BCUT2D eigenvalue weighted by Crippen LogP contribution is 2.22. The monoisotopic (exact) mass is 392 g/mol. The number of sulfonamides is 1. The average molecular weight is 392 g/mol. The SMILES string of the molecule is Cc1cccc(OCCCNC(=O)c2ccc(S(=O)(=O)N3CCCC3)o2)c1. The van der Waals surface area contributed by atoms with Crippen LogP contribution in [0.5, 0.6) is 5.75 Å². The molecule has 3 rings (SSSR count). The molecule has 1 aliphatic heterocycles. The molecule has 0 atom stereocenters. The van der Waals surface area contributed by atoms with E-state index in [0.717, 1.165) is 24.2 Å². The number of rotatable bonds is 8. The molecule has 0 saturated carbocycles. The molecule has 8 heteroatoms. The van der Waals surface area contributed by atoms with E-state index in [1.807, 2.05) is 31.2 Å². The van der Waals surface area contributed by atoms with Crippen LogP contribution in [-0.4, -0.2) is 44.9 Å². The Balaban J connectivity index is 1.45. The lowest BCUT2D eigenvalue weighted by molar-refractivity contribution is 0.0918. The van der Waals surface area contributed by atoms with Crippen molar-refractivity contribution in [3.05, 3.63) is 47.7 Å². The maximum absolute atomic E-state index is 12.4. The Morgan fingerprint density at radius 3 is 2.74 bits per heavy atom. The van der Waals surface area contributed by atoms with Crippen LogP contribution in [0.2, 0.25) is 0 Å². The molecule has 2 heterocycles. The number of carbonyl (C=O) groups is 1. The van der Waals surface area contributed by atoms with Crippen molar-refractivity contribution < 1.29 is 22.4 Å². The number of carbonyl (C=O) groups excluding carboxylic acids is 1. The summed E-state index contributed by atoms with van der Waals surface area (Å²) in [5.41, 5.74) is 1.12. The highest BCUT2D eigenvalue weighted by atomic mass is 32.2. The van der Waals surface area contributed by atoms with E-state index in [1.54, 1.807) is 0 Å². The van der Waals surface area contributed by atoms with Crippen LogP contribution in [0.25, 0.3) is 0 Å². The molecule has 0 spiro atoms. The molecule has 1 amide bonds. The quantitative estimate of drug-likeness (QED) is 0.698. The Labute approximate surface area is 159 Å². The number of nitrogens with zero attached hydrogens (tertiary/aromatic N) is 1. The number of benzene rings is 1. The van der Waals surface area contributed by atoms with Gasteiger partial charge in [0, 0.05) is 19.6 Å². The van der Waals surface area contributed by atoms with Gasteiger partial charge in [0.1, 0.15) is 5.75 Å². The van der Waals surface area contributed by atoms with Gasteiger partial charge in [-0.1, -0.05) is 12.1 Å². The fraction of sp³-hybridized carbons (Fsp3) is 0.421. The minimum atomic E-state index is -3.65. The number of amides is 1. The van der Waals surface area contributed by atoms with E-state index in [2.05, 4.69) is 5.32 Å². The van der Waals surface area contributed by atoms with Crippen LogP contribution < -0.4 is 10.1 Å². The zero-order chi connectivity index (χ0) is 19.3. The molecule has 1 fully saturated rings. The third-order valence-electron chi connectivity index (χ3n) is 4.33. The van der Waals surface area contributed by atoms with Crippen LogP contribution in [0.4, 0.5) is 0 Å². The largest absolute Gasteiger partial charge is 0.494 e. The van der Waals surface area contributed by atoms with E-state index in [4.69, 9.17) is 9.15 Å². The Morgan fingerprint density at radius 1 is 1.22 bits per heavy atom. The number of hydrogen-bond acceptors (Lipinski definition) is 5. The lowest BCUT2D eigenvalue weighted by Crippen LogP contribution is -2.27. The summed E-state index contributed by atoms with van der Waals surface area (Å²) in [6, 6.07) is 10.5. The molecule has 146 valence electrons. The van der Waals surface area contributed by atoms with Crippen LogP contribution in [0.1, 0.15) is 35.4 Å². The Morgan fingerprint density at radius 2 is 2.00 bits per heavy atom. The zero-order valence-corrected chi connectivity index (χ0v) is 16.1. The number of furan rings is 1. The van der Waals surface area contributed by atoms with Crippen LogP contribution in [0, 0.1) is 6.92 Å². The van der Waals surface area contributed by atoms with Crippen molar-refractivity contribution in [1.29, 1.82) is 0 Å². The summed E-state index contributed by atoms with van der Waals surface area (Å²) in [7, 11) is -3.65. The van der Waals surface area contributed by atoms with Gasteiger partial charge in [0.25, 0.3) is 15.9 Å². The molecule has 1 aliphatic rings. The van der Waals surface area contributed by atoms with Gasteiger partial charge in [0.05, 0.1) is 6.61 Å². The number of aryl methyl sites for hydroxylation is 1. The van der Waals surface area contributed by atoms with E-state index in [1.165, 1.54) is 16.4 Å². The zero-order valence-electron chi connectivity index (χ0n) is 15.3. The van der Waals surface area contributed by atoms with Crippen molar-refractivity contribution in [2.75, 3.05) is 26.2 Å². The highest BCUT2D eigenvalue weighted by molar-refractivity contribution is 7.89. The average Bonchev–Trinajstić information content (AvgIpc) is 3.33. The van der Waals surface area contributed by atoms with E-state index >= 15 is 0 Å². The standard InChI is InChI=1S/C19H24N2O5S/c1-15-6-4-7-16(14-15)25-13-5-10-20-19(22)17-8-9-18(26-17)27(23,24)21-11-2-3-12-21/h4,6-9,14H,2-3,5,10-13H2,1H3,(H,20,22). The normalized spacial score (nSPS) is 15.0. The summed E-state index contributed by atoms with van der Waals surface area (Å²) in [5.74, 6) is 0.352. The Kier molecular flexibility index (Phi) is 6.18. The number of nitrogens with one attached hydrogen (secondary N) is 1. The first-order chi connectivity index (χ1) is 13.0. The van der Waals surface area contributed by atoms with Crippen LogP contribution in [0.15, 0.2) is 45.9 Å². The van der Waals surface area contributed by atoms with Crippen molar-refractivity contribution in [3.63, 3.8) is 0 Å². The third-order valence-corrected chi connectivity index (χ3v) is 6.10. The smallest absolute Gasteiger partial charge is 0.287 e. The summed E-state index contributed by atoms with van der Waals surface area (Å²) in [6.45, 7) is 3.85. The minimum absolute atomic E-state index is 0.00706. The molecular weight excluding hydrogens is 368 g/mol. The van der Waals surface area contributed by atoms with Crippen LogP contribution in [-0.2, 0) is 10.0 Å². The van der Waals surface area contributed by atoms with Gasteiger partial charge in [-0.15, -0.1) is 0 Å². The molecule has 1 saturated heterocycles. The van der Waals surface area contributed by atoms with Gasteiger partial charge >= 0.3 is 0 Å².